The number of hydrogen-bond donors (Lipinski definition) is 1. The van der Waals surface area contributed by atoms with E-state index in [0.29, 0.717) is 0 Å². The fraction of sp³-hybridized carbons (Fsp3) is 0.846. The van der Waals surface area contributed by atoms with Crippen LogP contribution in [-0.2, 0) is 9.59 Å². The van der Waals surface area contributed by atoms with Gasteiger partial charge in [-0.1, -0.05) is 20.8 Å². The van der Waals surface area contributed by atoms with Gasteiger partial charge in [0.05, 0.1) is 0 Å². The molecular formula is C13H24N2O2. The molecule has 2 unspecified atom stereocenters. The minimum absolute atomic E-state index is 0.0407. The van der Waals surface area contributed by atoms with Crippen LogP contribution in [0.15, 0.2) is 0 Å². The van der Waals surface area contributed by atoms with Crippen molar-refractivity contribution in [3.63, 3.8) is 0 Å². The van der Waals surface area contributed by atoms with E-state index in [-0.39, 0.29) is 35.4 Å². The van der Waals surface area contributed by atoms with Gasteiger partial charge in [-0.05, 0) is 33.1 Å². The summed E-state index contributed by atoms with van der Waals surface area (Å²) in [6, 6.07) is -0.767. The van der Waals surface area contributed by atoms with Crippen LogP contribution in [0.5, 0.6) is 0 Å². The Hall–Kier alpha value is -1.06. The molecular weight excluding hydrogens is 216 g/mol. The first kappa shape index (κ1) is 14.0. The van der Waals surface area contributed by atoms with E-state index in [1.807, 2.05) is 34.6 Å². The average Bonchev–Trinajstić information content (AvgIpc) is 2.23. The predicted molar refractivity (Wildman–Crippen MR) is 67.4 cm³/mol. The zero-order valence-corrected chi connectivity index (χ0v) is 11.7. The van der Waals surface area contributed by atoms with Crippen LogP contribution >= 0.6 is 0 Å². The summed E-state index contributed by atoms with van der Waals surface area (Å²) in [4.78, 5) is 26.1. The Labute approximate surface area is 104 Å². The Morgan fingerprint density at radius 2 is 1.88 bits per heavy atom. The summed E-state index contributed by atoms with van der Waals surface area (Å²) in [5.41, 5.74) is -0.276. The van der Waals surface area contributed by atoms with Gasteiger partial charge in [-0.15, -0.1) is 0 Å². The van der Waals surface area contributed by atoms with Crippen molar-refractivity contribution in [2.45, 2.75) is 65.6 Å². The molecule has 1 saturated heterocycles. The monoisotopic (exact) mass is 240 g/mol. The lowest BCUT2D eigenvalue weighted by molar-refractivity contribution is -0.156. The molecule has 2 atom stereocenters. The van der Waals surface area contributed by atoms with Gasteiger partial charge in [-0.3, -0.25) is 9.59 Å². The number of carbonyl (C=O) groups excluding carboxylic acids is 2. The van der Waals surface area contributed by atoms with E-state index >= 15 is 0 Å². The third kappa shape index (κ3) is 2.45. The van der Waals surface area contributed by atoms with Crippen LogP contribution in [0.3, 0.4) is 0 Å². The van der Waals surface area contributed by atoms with Crippen molar-refractivity contribution >= 4 is 11.8 Å². The van der Waals surface area contributed by atoms with Gasteiger partial charge in [0, 0.05) is 5.54 Å². The lowest BCUT2D eigenvalue weighted by Gasteiger charge is -2.47. The average molecular weight is 240 g/mol. The van der Waals surface area contributed by atoms with Gasteiger partial charge in [0.2, 0.25) is 11.8 Å². The van der Waals surface area contributed by atoms with Crippen molar-refractivity contribution in [2.75, 3.05) is 0 Å². The van der Waals surface area contributed by atoms with Gasteiger partial charge in [0.25, 0.3) is 0 Å². The number of hydrogen-bond acceptors (Lipinski definition) is 2. The van der Waals surface area contributed by atoms with Crippen LogP contribution in [0.25, 0.3) is 0 Å². The molecule has 1 rings (SSSR count). The van der Waals surface area contributed by atoms with Gasteiger partial charge < -0.3 is 10.2 Å². The van der Waals surface area contributed by atoms with Gasteiger partial charge in [-0.25, -0.2) is 0 Å². The van der Waals surface area contributed by atoms with Crippen molar-refractivity contribution < 1.29 is 9.59 Å². The van der Waals surface area contributed by atoms with Crippen LogP contribution < -0.4 is 5.32 Å². The predicted octanol–water partition coefficient (Wildman–Crippen LogP) is 1.55. The summed E-state index contributed by atoms with van der Waals surface area (Å²) in [5, 5.41) is 2.81. The first-order chi connectivity index (χ1) is 7.72. The summed E-state index contributed by atoms with van der Waals surface area (Å²) < 4.78 is 0. The van der Waals surface area contributed by atoms with Gasteiger partial charge >= 0.3 is 0 Å². The summed E-state index contributed by atoms with van der Waals surface area (Å²) in [6.45, 7) is 11.8. The standard InChI is InChI=1S/C13H24N2O2/c1-7-13(5,6)15-9(4)11(16)14-10(8(2)3)12(15)17/h8-10H,7H2,1-6H3,(H,14,16). The van der Waals surface area contributed by atoms with Crippen LogP contribution in [0.1, 0.15) is 48.0 Å². The number of carbonyl (C=O) groups is 2. The zero-order valence-electron chi connectivity index (χ0n) is 11.7. The quantitative estimate of drug-likeness (QED) is 0.813. The number of nitrogens with one attached hydrogen (secondary N) is 1. The molecule has 98 valence electrons. The maximum absolute atomic E-state index is 12.4. The Morgan fingerprint density at radius 1 is 1.35 bits per heavy atom. The van der Waals surface area contributed by atoms with E-state index in [1.165, 1.54) is 0 Å². The van der Waals surface area contributed by atoms with Crippen molar-refractivity contribution in [2.24, 2.45) is 5.92 Å². The molecule has 0 aliphatic carbocycles. The zero-order chi connectivity index (χ0) is 13.4. The first-order valence-electron chi connectivity index (χ1n) is 6.36. The number of amides is 2. The molecule has 0 radical (unpaired) electrons. The Kier molecular flexibility index (Phi) is 3.84. The van der Waals surface area contributed by atoms with Gasteiger partial charge in [0.15, 0.2) is 0 Å². The minimum Gasteiger partial charge on any atom is -0.342 e. The fourth-order valence-corrected chi connectivity index (χ4v) is 2.24. The van der Waals surface area contributed by atoms with E-state index in [1.54, 1.807) is 11.8 Å². The van der Waals surface area contributed by atoms with Crippen molar-refractivity contribution in [1.82, 2.24) is 10.2 Å². The summed E-state index contributed by atoms with van der Waals surface area (Å²) in [5.74, 6) is 0.109. The Morgan fingerprint density at radius 3 is 2.29 bits per heavy atom. The maximum Gasteiger partial charge on any atom is 0.246 e. The molecule has 1 heterocycles. The molecule has 1 aliphatic rings. The molecule has 1 aliphatic heterocycles. The summed E-state index contributed by atoms with van der Waals surface area (Å²) >= 11 is 0. The molecule has 0 aromatic heterocycles. The smallest absolute Gasteiger partial charge is 0.246 e. The molecule has 0 spiro atoms. The molecule has 4 nitrogen and oxygen atoms in total. The molecule has 0 aromatic carbocycles. The molecule has 1 N–H and O–H groups in total. The van der Waals surface area contributed by atoms with E-state index in [0.717, 1.165) is 6.42 Å². The van der Waals surface area contributed by atoms with E-state index in [9.17, 15) is 9.59 Å². The molecule has 0 aromatic rings. The third-order valence-corrected chi connectivity index (χ3v) is 3.75. The van der Waals surface area contributed by atoms with Crippen molar-refractivity contribution in [3.8, 4) is 0 Å². The highest BCUT2D eigenvalue weighted by molar-refractivity contribution is 5.97. The van der Waals surface area contributed by atoms with Crippen LogP contribution in [-0.4, -0.2) is 34.3 Å². The number of rotatable bonds is 3. The van der Waals surface area contributed by atoms with Gasteiger partial charge in [-0.2, -0.15) is 0 Å². The number of nitrogens with zero attached hydrogens (tertiary/aromatic N) is 1. The van der Waals surface area contributed by atoms with Crippen LogP contribution in [0.4, 0.5) is 0 Å². The van der Waals surface area contributed by atoms with E-state index in [2.05, 4.69) is 5.32 Å². The second-order valence-corrected chi connectivity index (χ2v) is 5.78. The summed E-state index contributed by atoms with van der Waals surface area (Å²) in [7, 11) is 0. The Bertz CT molecular complexity index is 323. The maximum atomic E-state index is 12.4. The molecule has 2 amide bonds. The highest BCUT2D eigenvalue weighted by Crippen LogP contribution is 2.26. The second kappa shape index (κ2) is 4.67. The highest BCUT2D eigenvalue weighted by atomic mass is 16.2. The largest absolute Gasteiger partial charge is 0.342 e. The van der Waals surface area contributed by atoms with E-state index in [4.69, 9.17) is 0 Å². The fourth-order valence-electron chi connectivity index (χ4n) is 2.24. The highest BCUT2D eigenvalue weighted by Gasteiger charge is 2.44. The van der Waals surface area contributed by atoms with Crippen LogP contribution in [0, 0.1) is 5.92 Å². The number of piperazine rings is 1. The SMILES string of the molecule is CCC(C)(C)N1C(=O)C(C(C)C)NC(=O)C1C. The van der Waals surface area contributed by atoms with Crippen molar-refractivity contribution in [3.05, 3.63) is 0 Å². The van der Waals surface area contributed by atoms with Crippen molar-refractivity contribution in [1.29, 1.82) is 0 Å². The normalized spacial score (nSPS) is 26.4. The lowest BCUT2D eigenvalue weighted by atomic mass is 9.90. The topological polar surface area (TPSA) is 49.4 Å². The first-order valence-corrected chi connectivity index (χ1v) is 6.36. The molecule has 17 heavy (non-hydrogen) atoms. The van der Waals surface area contributed by atoms with Gasteiger partial charge in [0.1, 0.15) is 12.1 Å². The minimum atomic E-state index is -0.385. The van der Waals surface area contributed by atoms with Crippen LogP contribution in [0.2, 0.25) is 0 Å². The Balaban J connectivity index is 3.08. The summed E-state index contributed by atoms with van der Waals surface area (Å²) in [6.07, 6.45) is 0.834. The molecule has 0 bridgehead atoms. The second-order valence-electron chi connectivity index (χ2n) is 5.78. The molecule has 1 fully saturated rings. The third-order valence-electron chi connectivity index (χ3n) is 3.75. The lowest BCUT2D eigenvalue weighted by Crippen LogP contribution is -2.68. The molecule has 0 saturated carbocycles. The molecule has 4 heteroatoms. The van der Waals surface area contributed by atoms with E-state index < -0.39 is 0 Å².